The second-order valence-electron chi connectivity index (χ2n) is 4.77. The van der Waals surface area contributed by atoms with Crippen LogP contribution in [-0.4, -0.2) is 23.2 Å². The number of carbonyl (C=O) groups is 1. The Morgan fingerprint density at radius 2 is 2.05 bits per heavy atom. The Labute approximate surface area is 108 Å². The highest BCUT2D eigenvalue weighted by Crippen LogP contribution is 2.20. The zero-order valence-electron chi connectivity index (χ0n) is 10.1. The van der Waals surface area contributed by atoms with E-state index >= 15 is 0 Å². The molecule has 1 saturated carbocycles. The van der Waals surface area contributed by atoms with Crippen LogP contribution in [0.4, 0.5) is 0 Å². The molecule has 1 fully saturated rings. The third kappa shape index (κ3) is 2.24. The summed E-state index contributed by atoms with van der Waals surface area (Å²) in [7, 11) is 0. The van der Waals surface area contributed by atoms with E-state index in [-0.39, 0.29) is 23.3 Å². The van der Waals surface area contributed by atoms with Crippen LogP contribution < -0.4 is 10.7 Å². The predicted molar refractivity (Wildman–Crippen MR) is 69.0 cm³/mol. The molecule has 5 nitrogen and oxygen atoms in total. The zero-order valence-corrected chi connectivity index (χ0v) is 10.1. The number of para-hydroxylation sites is 1. The average Bonchev–Trinajstić information content (AvgIpc) is 2.37. The van der Waals surface area contributed by atoms with E-state index in [9.17, 15) is 9.59 Å². The predicted octanol–water partition coefficient (Wildman–Crippen LogP) is 1.05. The van der Waals surface area contributed by atoms with Crippen molar-refractivity contribution in [1.82, 2.24) is 5.32 Å². The molecular weight excluding hydrogens is 246 g/mol. The van der Waals surface area contributed by atoms with Crippen LogP contribution in [0.5, 0.6) is 0 Å². The van der Waals surface area contributed by atoms with Gasteiger partial charge in [-0.25, -0.2) is 0 Å². The van der Waals surface area contributed by atoms with E-state index in [4.69, 9.17) is 9.52 Å². The van der Waals surface area contributed by atoms with Crippen molar-refractivity contribution in [1.29, 1.82) is 0 Å². The molecule has 1 aliphatic rings. The van der Waals surface area contributed by atoms with E-state index in [0.717, 1.165) is 0 Å². The van der Waals surface area contributed by atoms with Gasteiger partial charge in [-0.1, -0.05) is 12.1 Å². The Balaban J connectivity index is 1.88. The van der Waals surface area contributed by atoms with Crippen LogP contribution in [-0.2, 0) is 0 Å². The van der Waals surface area contributed by atoms with Gasteiger partial charge >= 0.3 is 0 Å². The summed E-state index contributed by atoms with van der Waals surface area (Å²) in [6.45, 7) is 0. The smallest absolute Gasteiger partial charge is 0.287 e. The second-order valence-corrected chi connectivity index (χ2v) is 4.77. The molecule has 1 aromatic heterocycles. The number of fused-ring (bicyclic) bond motifs is 1. The van der Waals surface area contributed by atoms with Gasteiger partial charge in [0, 0.05) is 12.1 Å². The lowest BCUT2D eigenvalue weighted by atomic mass is 9.89. The molecule has 0 aliphatic heterocycles. The Morgan fingerprint density at radius 3 is 2.79 bits per heavy atom. The minimum atomic E-state index is -0.417. The number of hydrogen-bond donors (Lipinski definition) is 2. The molecule has 1 heterocycles. The Kier molecular flexibility index (Phi) is 2.83. The number of rotatable bonds is 2. The van der Waals surface area contributed by atoms with Crippen LogP contribution in [0.1, 0.15) is 23.4 Å². The summed E-state index contributed by atoms with van der Waals surface area (Å²) in [5.41, 5.74) is 0.162. The molecule has 98 valence electrons. The molecule has 5 heteroatoms. The number of amides is 1. The largest absolute Gasteiger partial charge is 0.451 e. The summed E-state index contributed by atoms with van der Waals surface area (Å²) < 4.78 is 5.43. The van der Waals surface area contributed by atoms with Crippen LogP contribution >= 0.6 is 0 Å². The third-order valence-corrected chi connectivity index (χ3v) is 3.31. The van der Waals surface area contributed by atoms with E-state index in [2.05, 4.69) is 5.32 Å². The summed E-state index contributed by atoms with van der Waals surface area (Å²) in [6.07, 6.45) is 0.751. The SMILES string of the molecule is O=C(NC1CC(O)C1)c1cc(=O)c2ccccc2o1. The molecular formula is C14H13NO4. The number of carbonyl (C=O) groups excluding carboxylic acids is 1. The first-order chi connectivity index (χ1) is 9.13. The van der Waals surface area contributed by atoms with Gasteiger partial charge in [-0.05, 0) is 25.0 Å². The fourth-order valence-electron chi connectivity index (χ4n) is 2.18. The van der Waals surface area contributed by atoms with Crippen molar-refractivity contribution in [2.24, 2.45) is 0 Å². The monoisotopic (exact) mass is 259 g/mol. The molecule has 0 spiro atoms. The fraction of sp³-hybridized carbons (Fsp3) is 0.286. The lowest BCUT2D eigenvalue weighted by molar-refractivity contribution is 0.0551. The average molecular weight is 259 g/mol. The molecule has 0 bridgehead atoms. The molecule has 19 heavy (non-hydrogen) atoms. The molecule has 0 saturated heterocycles. The fourth-order valence-corrected chi connectivity index (χ4v) is 2.18. The van der Waals surface area contributed by atoms with Crippen LogP contribution in [0.15, 0.2) is 39.5 Å². The van der Waals surface area contributed by atoms with Gasteiger partial charge in [0.1, 0.15) is 5.58 Å². The number of hydrogen-bond acceptors (Lipinski definition) is 4. The van der Waals surface area contributed by atoms with Crippen LogP contribution in [0.3, 0.4) is 0 Å². The number of benzene rings is 1. The highest BCUT2D eigenvalue weighted by atomic mass is 16.3. The molecule has 2 aromatic rings. The van der Waals surface area contributed by atoms with Crippen molar-refractivity contribution in [3.05, 3.63) is 46.3 Å². The molecule has 0 radical (unpaired) electrons. The Morgan fingerprint density at radius 1 is 1.32 bits per heavy atom. The summed E-state index contributed by atoms with van der Waals surface area (Å²) in [5.74, 6) is -0.412. The van der Waals surface area contributed by atoms with Gasteiger partial charge in [0.2, 0.25) is 0 Å². The summed E-state index contributed by atoms with van der Waals surface area (Å²) in [4.78, 5) is 23.8. The molecule has 0 unspecified atom stereocenters. The Bertz CT molecular complexity index is 685. The molecule has 3 rings (SSSR count). The van der Waals surface area contributed by atoms with Gasteiger partial charge in [-0.3, -0.25) is 9.59 Å². The summed E-state index contributed by atoms with van der Waals surface area (Å²) >= 11 is 0. The van der Waals surface area contributed by atoms with Crippen molar-refractivity contribution < 1.29 is 14.3 Å². The van der Waals surface area contributed by atoms with Crippen molar-refractivity contribution in [3.63, 3.8) is 0 Å². The maximum Gasteiger partial charge on any atom is 0.287 e. The minimum absolute atomic E-state index is 0.00471. The van der Waals surface area contributed by atoms with E-state index in [1.54, 1.807) is 24.3 Å². The van der Waals surface area contributed by atoms with E-state index < -0.39 is 5.91 Å². The van der Waals surface area contributed by atoms with E-state index in [1.165, 1.54) is 6.07 Å². The quantitative estimate of drug-likeness (QED) is 0.844. The molecule has 1 amide bonds. The second kappa shape index (κ2) is 4.51. The standard InChI is InChI=1S/C14H13NO4/c16-9-5-8(6-9)15-14(18)13-7-11(17)10-3-1-2-4-12(10)19-13/h1-4,7-9,16H,5-6H2,(H,15,18). The normalized spacial score (nSPS) is 21.9. The van der Waals surface area contributed by atoms with Crippen molar-refractivity contribution in [3.8, 4) is 0 Å². The van der Waals surface area contributed by atoms with Gasteiger partial charge in [-0.2, -0.15) is 0 Å². The molecule has 1 aliphatic carbocycles. The van der Waals surface area contributed by atoms with Crippen LogP contribution in [0, 0.1) is 0 Å². The summed E-state index contributed by atoms with van der Waals surface area (Å²) in [5, 5.41) is 12.3. The number of aliphatic hydroxyl groups is 1. The number of nitrogens with one attached hydrogen (secondary N) is 1. The summed E-state index contributed by atoms with van der Waals surface area (Å²) in [6, 6.07) is 7.96. The highest BCUT2D eigenvalue weighted by Gasteiger charge is 2.29. The van der Waals surface area contributed by atoms with Crippen molar-refractivity contribution in [2.45, 2.75) is 25.0 Å². The Hall–Kier alpha value is -2.14. The molecule has 1 aromatic carbocycles. The first-order valence-corrected chi connectivity index (χ1v) is 6.15. The molecule has 0 atom stereocenters. The van der Waals surface area contributed by atoms with E-state index in [0.29, 0.717) is 23.8 Å². The van der Waals surface area contributed by atoms with Gasteiger partial charge in [0.25, 0.3) is 5.91 Å². The van der Waals surface area contributed by atoms with Gasteiger partial charge in [-0.15, -0.1) is 0 Å². The minimum Gasteiger partial charge on any atom is -0.451 e. The third-order valence-electron chi connectivity index (χ3n) is 3.31. The van der Waals surface area contributed by atoms with Gasteiger partial charge < -0.3 is 14.8 Å². The first kappa shape index (κ1) is 11.9. The van der Waals surface area contributed by atoms with Crippen LogP contribution in [0.2, 0.25) is 0 Å². The first-order valence-electron chi connectivity index (χ1n) is 6.15. The maximum absolute atomic E-state index is 11.9. The van der Waals surface area contributed by atoms with Crippen LogP contribution in [0.25, 0.3) is 11.0 Å². The highest BCUT2D eigenvalue weighted by molar-refractivity contribution is 5.93. The van der Waals surface area contributed by atoms with Crippen molar-refractivity contribution in [2.75, 3.05) is 0 Å². The van der Waals surface area contributed by atoms with Gasteiger partial charge in [0.05, 0.1) is 11.5 Å². The van der Waals surface area contributed by atoms with Crippen molar-refractivity contribution >= 4 is 16.9 Å². The lowest BCUT2D eigenvalue weighted by Gasteiger charge is -2.31. The zero-order chi connectivity index (χ0) is 13.4. The lowest BCUT2D eigenvalue weighted by Crippen LogP contribution is -2.46. The maximum atomic E-state index is 11.9. The van der Waals surface area contributed by atoms with E-state index in [1.807, 2.05) is 0 Å². The van der Waals surface area contributed by atoms with Gasteiger partial charge in [0.15, 0.2) is 11.2 Å². The topological polar surface area (TPSA) is 79.5 Å². The molecule has 2 N–H and O–H groups in total. The number of aliphatic hydroxyl groups excluding tert-OH is 1.